The van der Waals surface area contributed by atoms with Crippen LogP contribution in [0.25, 0.3) is 0 Å². The number of hydrogen-bond donors (Lipinski definition) is 2. The molecule has 0 aromatic heterocycles. The van der Waals surface area contributed by atoms with Crippen LogP contribution in [0.15, 0.2) is 24.3 Å². The fourth-order valence-corrected chi connectivity index (χ4v) is 1.13. The van der Waals surface area contributed by atoms with Gasteiger partial charge in [-0.3, -0.25) is 4.79 Å². The van der Waals surface area contributed by atoms with E-state index in [-0.39, 0.29) is 18.3 Å². The molecule has 0 aliphatic heterocycles. The van der Waals surface area contributed by atoms with Gasteiger partial charge in [-0.2, -0.15) is 0 Å². The highest BCUT2D eigenvalue weighted by Crippen LogP contribution is 2.08. The largest absolute Gasteiger partial charge is 0.351 e. The number of rotatable bonds is 4. The van der Waals surface area contributed by atoms with Gasteiger partial charge in [0.25, 0.3) is 5.91 Å². The van der Waals surface area contributed by atoms with Crippen molar-refractivity contribution in [3.05, 3.63) is 34.9 Å². The highest BCUT2D eigenvalue weighted by molar-refractivity contribution is 6.30. The molecule has 0 bridgehead atoms. The number of nitrogens with one attached hydrogen (secondary N) is 2. The molecule has 3 nitrogen and oxygen atoms in total. The van der Waals surface area contributed by atoms with Crippen molar-refractivity contribution in [2.45, 2.75) is 0 Å². The highest BCUT2D eigenvalue weighted by Gasteiger charge is 2.02. The second kappa shape index (κ2) is 7.51. The maximum Gasteiger partial charge on any atom is 0.251 e. The van der Waals surface area contributed by atoms with Gasteiger partial charge in [-0.25, -0.2) is 0 Å². The van der Waals surface area contributed by atoms with Crippen LogP contribution in [0.4, 0.5) is 0 Å². The van der Waals surface area contributed by atoms with E-state index in [2.05, 4.69) is 10.6 Å². The van der Waals surface area contributed by atoms with Crippen LogP contribution in [0.3, 0.4) is 0 Å². The first-order chi connectivity index (χ1) is 6.74. The van der Waals surface area contributed by atoms with Gasteiger partial charge in [0, 0.05) is 23.7 Å². The predicted molar refractivity (Wildman–Crippen MR) is 65.0 cm³/mol. The van der Waals surface area contributed by atoms with Crippen LogP contribution >= 0.6 is 24.0 Å². The van der Waals surface area contributed by atoms with Gasteiger partial charge in [-0.15, -0.1) is 12.4 Å². The SMILES string of the molecule is CNCCNC(=O)c1ccc(Cl)cc1.Cl. The summed E-state index contributed by atoms with van der Waals surface area (Å²) in [5, 5.41) is 6.36. The van der Waals surface area contributed by atoms with E-state index in [1.165, 1.54) is 0 Å². The zero-order valence-electron chi connectivity index (χ0n) is 8.42. The first-order valence-corrected chi connectivity index (χ1v) is 4.80. The van der Waals surface area contributed by atoms with E-state index < -0.39 is 0 Å². The minimum Gasteiger partial charge on any atom is -0.351 e. The molecule has 1 aromatic rings. The topological polar surface area (TPSA) is 41.1 Å². The smallest absolute Gasteiger partial charge is 0.251 e. The summed E-state index contributed by atoms with van der Waals surface area (Å²) in [6.45, 7) is 1.39. The minimum absolute atomic E-state index is 0. The zero-order valence-corrected chi connectivity index (χ0v) is 9.99. The van der Waals surface area contributed by atoms with Crippen LogP contribution in [0, 0.1) is 0 Å². The van der Waals surface area contributed by atoms with E-state index in [4.69, 9.17) is 11.6 Å². The van der Waals surface area contributed by atoms with Gasteiger partial charge >= 0.3 is 0 Å². The third kappa shape index (κ3) is 5.02. The standard InChI is InChI=1S/C10H13ClN2O.ClH/c1-12-6-7-13-10(14)8-2-4-9(11)5-3-8;/h2-5,12H,6-7H2,1H3,(H,13,14);1H. The number of benzene rings is 1. The van der Waals surface area contributed by atoms with Gasteiger partial charge in [-0.1, -0.05) is 11.6 Å². The van der Waals surface area contributed by atoms with Crippen molar-refractivity contribution in [1.29, 1.82) is 0 Å². The summed E-state index contributed by atoms with van der Waals surface area (Å²) in [7, 11) is 1.84. The summed E-state index contributed by atoms with van der Waals surface area (Å²) < 4.78 is 0. The van der Waals surface area contributed by atoms with Gasteiger partial charge in [0.05, 0.1) is 0 Å². The quantitative estimate of drug-likeness (QED) is 0.797. The van der Waals surface area contributed by atoms with Crippen molar-refractivity contribution >= 4 is 29.9 Å². The van der Waals surface area contributed by atoms with Crippen LogP contribution in [0.5, 0.6) is 0 Å². The molecule has 0 saturated carbocycles. The Labute approximate surface area is 101 Å². The van der Waals surface area contributed by atoms with Crippen LogP contribution < -0.4 is 10.6 Å². The maximum atomic E-state index is 11.4. The Morgan fingerprint density at radius 3 is 2.40 bits per heavy atom. The van der Waals surface area contributed by atoms with Crippen molar-refractivity contribution in [3.8, 4) is 0 Å². The Bertz CT molecular complexity index is 301. The van der Waals surface area contributed by atoms with Crippen molar-refractivity contribution < 1.29 is 4.79 Å². The van der Waals surface area contributed by atoms with Gasteiger partial charge in [0.2, 0.25) is 0 Å². The highest BCUT2D eigenvalue weighted by atomic mass is 35.5. The monoisotopic (exact) mass is 248 g/mol. The summed E-state index contributed by atoms with van der Waals surface area (Å²) in [6, 6.07) is 6.82. The number of halogens is 2. The average Bonchev–Trinajstić information content (AvgIpc) is 2.19. The van der Waals surface area contributed by atoms with Crippen LogP contribution in [-0.4, -0.2) is 26.0 Å². The molecule has 15 heavy (non-hydrogen) atoms. The number of carbonyl (C=O) groups is 1. The normalized spacial score (nSPS) is 9.20. The molecular formula is C10H14Cl2N2O. The van der Waals surface area contributed by atoms with E-state index in [1.54, 1.807) is 24.3 Å². The number of amides is 1. The third-order valence-corrected chi connectivity index (χ3v) is 2.02. The molecule has 84 valence electrons. The van der Waals surface area contributed by atoms with E-state index in [0.29, 0.717) is 17.1 Å². The molecule has 2 N–H and O–H groups in total. The van der Waals surface area contributed by atoms with Gasteiger partial charge in [0.1, 0.15) is 0 Å². The van der Waals surface area contributed by atoms with Gasteiger partial charge in [-0.05, 0) is 31.3 Å². The third-order valence-electron chi connectivity index (χ3n) is 1.77. The molecule has 0 aliphatic carbocycles. The molecule has 0 radical (unpaired) electrons. The van der Waals surface area contributed by atoms with E-state index in [9.17, 15) is 4.79 Å². The molecule has 0 spiro atoms. The van der Waals surface area contributed by atoms with Crippen molar-refractivity contribution in [1.82, 2.24) is 10.6 Å². The summed E-state index contributed by atoms with van der Waals surface area (Å²) in [5.74, 6) is -0.0723. The molecule has 0 atom stereocenters. The molecule has 0 unspecified atom stereocenters. The minimum atomic E-state index is -0.0723. The van der Waals surface area contributed by atoms with Crippen molar-refractivity contribution in [2.75, 3.05) is 20.1 Å². The lowest BCUT2D eigenvalue weighted by molar-refractivity contribution is 0.0954. The van der Waals surface area contributed by atoms with Crippen LogP contribution in [0.1, 0.15) is 10.4 Å². The Kier molecular flexibility index (Phi) is 7.13. The van der Waals surface area contributed by atoms with E-state index in [1.807, 2.05) is 7.05 Å². The first-order valence-electron chi connectivity index (χ1n) is 4.42. The number of carbonyl (C=O) groups excluding carboxylic acids is 1. The first kappa shape index (κ1) is 14.2. The average molecular weight is 249 g/mol. The van der Waals surface area contributed by atoms with Gasteiger partial charge < -0.3 is 10.6 Å². The summed E-state index contributed by atoms with van der Waals surface area (Å²) in [6.07, 6.45) is 0. The summed E-state index contributed by atoms with van der Waals surface area (Å²) >= 11 is 5.70. The van der Waals surface area contributed by atoms with Crippen molar-refractivity contribution in [2.24, 2.45) is 0 Å². The molecule has 5 heteroatoms. The van der Waals surface area contributed by atoms with E-state index >= 15 is 0 Å². The molecule has 0 saturated heterocycles. The van der Waals surface area contributed by atoms with Crippen LogP contribution in [-0.2, 0) is 0 Å². The lowest BCUT2D eigenvalue weighted by atomic mass is 10.2. The second-order valence-corrected chi connectivity index (χ2v) is 3.30. The van der Waals surface area contributed by atoms with E-state index in [0.717, 1.165) is 6.54 Å². The predicted octanol–water partition coefficient (Wildman–Crippen LogP) is 1.71. The molecule has 1 aromatic carbocycles. The second-order valence-electron chi connectivity index (χ2n) is 2.87. The van der Waals surface area contributed by atoms with Crippen LogP contribution in [0.2, 0.25) is 5.02 Å². The molecular weight excluding hydrogens is 235 g/mol. The lowest BCUT2D eigenvalue weighted by Crippen LogP contribution is -2.30. The zero-order chi connectivity index (χ0) is 10.4. The molecule has 0 fully saturated rings. The van der Waals surface area contributed by atoms with Gasteiger partial charge in [0.15, 0.2) is 0 Å². The Hall–Kier alpha value is -0.770. The maximum absolute atomic E-state index is 11.4. The fraction of sp³-hybridized carbons (Fsp3) is 0.300. The Balaban J connectivity index is 0.00000196. The Morgan fingerprint density at radius 1 is 1.27 bits per heavy atom. The summed E-state index contributed by atoms with van der Waals surface area (Å²) in [5.41, 5.74) is 0.630. The summed E-state index contributed by atoms with van der Waals surface area (Å²) in [4.78, 5) is 11.4. The lowest BCUT2D eigenvalue weighted by Gasteiger charge is -2.04. The molecule has 1 rings (SSSR count). The number of likely N-dealkylation sites (N-methyl/N-ethyl adjacent to an activating group) is 1. The fourth-order valence-electron chi connectivity index (χ4n) is 1.00. The molecule has 0 heterocycles. The Morgan fingerprint density at radius 2 is 1.87 bits per heavy atom. The number of hydrogen-bond acceptors (Lipinski definition) is 2. The van der Waals surface area contributed by atoms with Crippen molar-refractivity contribution in [3.63, 3.8) is 0 Å². The molecule has 0 aliphatic rings. The molecule has 1 amide bonds.